The van der Waals surface area contributed by atoms with Gasteiger partial charge in [-0.25, -0.2) is 0 Å². The summed E-state index contributed by atoms with van der Waals surface area (Å²) < 4.78 is 0. The van der Waals surface area contributed by atoms with Gasteiger partial charge in [0.05, 0.1) is 12.0 Å². The molecule has 3 amide bonds. The van der Waals surface area contributed by atoms with E-state index in [0.717, 1.165) is 4.90 Å². The normalized spacial score (nSPS) is 21.5. The van der Waals surface area contributed by atoms with Crippen molar-refractivity contribution >= 4 is 17.7 Å². The number of hydrogen-bond acceptors (Lipinski definition) is 4. The van der Waals surface area contributed by atoms with Crippen molar-refractivity contribution in [3.05, 3.63) is 0 Å². The highest BCUT2D eigenvalue weighted by molar-refractivity contribution is 6.07. The zero-order chi connectivity index (χ0) is 12.5. The third kappa shape index (κ3) is 2.21. The van der Waals surface area contributed by atoms with Crippen LogP contribution in [0, 0.1) is 0 Å². The van der Waals surface area contributed by atoms with Crippen LogP contribution < -0.4 is 10.6 Å². The number of likely N-dealkylation sites (N-methyl/N-ethyl adjacent to an activating group) is 2. The summed E-state index contributed by atoms with van der Waals surface area (Å²) in [5.41, 5.74) is -0.759. The molecule has 1 unspecified atom stereocenters. The summed E-state index contributed by atoms with van der Waals surface area (Å²) in [5, 5.41) is 5.40. The minimum atomic E-state index is -0.759. The van der Waals surface area contributed by atoms with E-state index in [4.69, 9.17) is 0 Å². The molecule has 1 aliphatic heterocycles. The lowest BCUT2D eigenvalue weighted by molar-refractivity contribution is -0.138. The average Bonchev–Trinajstić information content (AvgIpc) is 2.46. The first-order valence-corrected chi connectivity index (χ1v) is 5.10. The first kappa shape index (κ1) is 12.6. The number of hydrogen-bond donors (Lipinski definition) is 2. The molecule has 6 nitrogen and oxygen atoms in total. The van der Waals surface area contributed by atoms with Crippen LogP contribution in [-0.4, -0.2) is 48.3 Å². The molecule has 0 saturated carbocycles. The Bertz CT molecular complexity index is 338. The molecule has 1 saturated heterocycles. The van der Waals surface area contributed by atoms with Crippen molar-refractivity contribution in [2.45, 2.75) is 31.8 Å². The van der Waals surface area contributed by atoms with Gasteiger partial charge < -0.3 is 10.6 Å². The van der Waals surface area contributed by atoms with Gasteiger partial charge in [0.2, 0.25) is 11.8 Å². The molecular formula is C10H17N3O3. The van der Waals surface area contributed by atoms with Gasteiger partial charge in [0.25, 0.3) is 5.91 Å². The maximum absolute atomic E-state index is 11.8. The number of nitrogens with one attached hydrogen (secondary N) is 2. The second-order valence-electron chi connectivity index (χ2n) is 4.40. The smallest absolute Gasteiger partial charge is 0.252 e. The Hall–Kier alpha value is -1.43. The largest absolute Gasteiger partial charge is 0.342 e. The van der Waals surface area contributed by atoms with E-state index in [1.54, 1.807) is 20.9 Å². The fraction of sp³-hybridized carbons (Fsp3) is 0.700. The maximum Gasteiger partial charge on any atom is 0.252 e. The summed E-state index contributed by atoms with van der Waals surface area (Å²) in [6.07, 6.45) is 0.0425. The predicted octanol–water partition coefficient (Wildman–Crippen LogP) is -1.14. The van der Waals surface area contributed by atoms with Crippen LogP contribution in [-0.2, 0) is 14.4 Å². The SMILES string of the molecule is CNC(C)(C)C(=O)NC1CC(=O)N(C)C1=O. The summed E-state index contributed by atoms with van der Waals surface area (Å²) in [5.74, 6) is -0.917. The Morgan fingerprint density at radius 3 is 2.38 bits per heavy atom. The second kappa shape index (κ2) is 4.21. The van der Waals surface area contributed by atoms with Crippen LogP contribution in [0.1, 0.15) is 20.3 Å². The predicted molar refractivity (Wildman–Crippen MR) is 57.5 cm³/mol. The highest BCUT2D eigenvalue weighted by Gasteiger charge is 2.39. The van der Waals surface area contributed by atoms with E-state index in [1.807, 2.05) is 0 Å². The van der Waals surface area contributed by atoms with E-state index in [2.05, 4.69) is 10.6 Å². The van der Waals surface area contributed by atoms with Crippen LogP contribution in [0.5, 0.6) is 0 Å². The van der Waals surface area contributed by atoms with Crippen LogP contribution in [0.15, 0.2) is 0 Å². The summed E-state index contributed by atoms with van der Waals surface area (Å²) in [7, 11) is 3.08. The van der Waals surface area contributed by atoms with Gasteiger partial charge in [-0.2, -0.15) is 0 Å². The van der Waals surface area contributed by atoms with Crippen LogP contribution in [0.2, 0.25) is 0 Å². The van der Waals surface area contributed by atoms with Crippen molar-refractivity contribution in [1.82, 2.24) is 15.5 Å². The first-order chi connectivity index (χ1) is 7.29. The third-order valence-electron chi connectivity index (χ3n) is 2.88. The van der Waals surface area contributed by atoms with Crippen LogP contribution in [0.25, 0.3) is 0 Å². The van der Waals surface area contributed by atoms with E-state index in [1.165, 1.54) is 7.05 Å². The Morgan fingerprint density at radius 1 is 1.44 bits per heavy atom. The molecule has 6 heteroatoms. The van der Waals surface area contributed by atoms with Crippen LogP contribution in [0.3, 0.4) is 0 Å². The number of likely N-dealkylation sites (tertiary alicyclic amines) is 1. The Labute approximate surface area is 94.4 Å². The number of carbonyl (C=O) groups is 3. The standard InChI is InChI=1S/C10H17N3O3/c1-10(2,11-3)9(16)12-6-5-7(14)13(4)8(6)15/h6,11H,5H2,1-4H3,(H,12,16). The second-order valence-corrected chi connectivity index (χ2v) is 4.40. The van der Waals surface area contributed by atoms with Gasteiger partial charge in [0.15, 0.2) is 0 Å². The molecule has 1 fully saturated rings. The van der Waals surface area contributed by atoms with Gasteiger partial charge >= 0.3 is 0 Å². The van der Waals surface area contributed by atoms with E-state index in [0.29, 0.717) is 0 Å². The minimum absolute atomic E-state index is 0.0425. The van der Waals surface area contributed by atoms with Crippen LogP contribution >= 0.6 is 0 Å². The van der Waals surface area contributed by atoms with Crippen molar-refractivity contribution in [1.29, 1.82) is 0 Å². The maximum atomic E-state index is 11.8. The Balaban J connectivity index is 2.67. The molecule has 1 atom stereocenters. The van der Waals surface area contributed by atoms with Crippen molar-refractivity contribution in [3.63, 3.8) is 0 Å². The highest BCUT2D eigenvalue weighted by Crippen LogP contribution is 2.12. The molecule has 1 rings (SSSR count). The van der Waals surface area contributed by atoms with Crippen LogP contribution in [0.4, 0.5) is 0 Å². The fourth-order valence-electron chi connectivity index (χ4n) is 1.32. The van der Waals surface area contributed by atoms with Crippen molar-refractivity contribution in [2.75, 3.05) is 14.1 Å². The fourth-order valence-corrected chi connectivity index (χ4v) is 1.32. The molecule has 0 aliphatic carbocycles. The lowest BCUT2D eigenvalue weighted by Crippen LogP contribution is -2.55. The summed E-state index contributed by atoms with van der Waals surface area (Å²) in [6.45, 7) is 3.40. The number of rotatable bonds is 3. The molecule has 1 aliphatic rings. The minimum Gasteiger partial charge on any atom is -0.342 e. The lowest BCUT2D eigenvalue weighted by atomic mass is 10.0. The van der Waals surface area contributed by atoms with E-state index >= 15 is 0 Å². The summed E-state index contributed by atoms with van der Waals surface area (Å²) in [6, 6.07) is -0.724. The molecule has 0 bridgehead atoms. The molecule has 2 N–H and O–H groups in total. The molecular weight excluding hydrogens is 210 g/mol. The zero-order valence-corrected chi connectivity index (χ0v) is 9.96. The molecule has 1 heterocycles. The zero-order valence-electron chi connectivity index (χ0n) is 9.96. The van der Waals surface area contributed by atoms with E-state index in [-0.39, 0.29) is 24.1 Å². The van der Waals surface area contributed by atoms with E-state index in [9.17, 15) is 14.4 Å². The quantitative estimate of drug-likeness (QED) is 0.597. The van der Waals surface area contributed by atoms with Gasteiger partial charge in [-0.3, -0.25) is 19.3 Å². The third-order valence-corrected chi connectivity index (χ3v) is 2.88. The molecule has 16 heavy (non-hydrogen) atoms. The molecule has 0 radical (unpaired) electrons. The van der Waals surface area contributed by atoms with Gasteiger partial charge in [0.1, 0.15) is 6.04 Å². The van der Waals surface area contributed by atoms with E-state index < -0.39 is 11.6 Å². The summed E-state index contributed by atoms with van der Waals surface area (Å²) >= 11 is 0. The molecule has 0 spiro atoms. The van der Waals surface area contributed by atoms with Gasteiger partial charge in [-0.15, -0.1) is 0 Å². The Morgan fingerprint density at radius 2 is 2.00 bits per heavy atom. The van der Waals surface area contributed by atoms with Crippen molar-refractivity contribution in [3.8, 4) is 0 Å². The molecule has 90 valence electrons. The topological polar surface area (TPSA) is 78.5 Å². The number of imide groups is 1. The Kier molecular flexibility index (Phi) is 3.32. The summed E-state index contributed by atoms with van der Waals surface area (Å²) in [4.78, 5) is 35.6. The van der Waals surface area contributed by atoms with Crippen molar-refractivity contribution < 1.29 is 14.4 Å². The molecule has 0 aromatic rings. The average molecular weight is 227 g/mol. The van der Waals surface area contributed by atoms with Crippen molar-refractivity contribution in [2.24, 2.45) is 0 Å². The highest BCUT2D eigenvalue weighted by atomic mass is 16.2. The molecule has 0 aromatic heterocycles. The number of amides is 3. The monoisotopic (exact) mass is 227 g/mol. The van der Waals surface area contributed by atoms with Gasteiger partial charge in [-0.1, -0.05) is 0 Å². The first-order valence-electron chi connectivity index (χ1n) is 5.10. The molecule has 0 aromatic carbocycles. The lowest BCUT2D eigenvalue weighted by Gasteiger charge is -2.24. The number of nitrogens with zero attached hydrogens (tertiary/aromatic N) is 1. The van der Waals surface area contributed by atoms with Gasteiger partial charge in [0, 0.05) is 7.05 Å². The number of carbonyl (C=O) groups excluding carboxylic acids is 3. The van der Waals surface area contributed by atoms with Gasteiger partial charge in [-0.05, 0) is 20.9 Å².